The van der Waals surface area contributed by atoms with Gasteiger partial charge >= 0.3 is 5.97 Å². The Balaban J connectivity index is 1.60. The molecule has 1 heterocycles. The Labute approximate surface area is 136 Å². The lowest BCUT2D eigenvalue weighted by Gasteiger charge is -2.20. The third-order valence-corrected chi connectivity index (χ3v) is 4.21. The molecule has 0 amide bonds. The molecule has 2 unspecified atom stereocenters. The molecule has 1 saturated heterocycles. The van der Waals surface area contributed by atoms with E-state index in [0.717, 1.165) is 11.1 Å². The number of hydrogen-bond acceptors (Lipinski definition) is 3. The minimum absolute atomic E-state index is 0.0416. The van der Waals surface area contributed by atoms with Crippen LogP contribution < -0.4 is 0 Å². The first-order valence-electron chi connectivity index (χ1n) is 7.88. The van der Waals surface area contributed by atoms with E-state index < -0.39 is 12.0 Å². The molecule has 0 radical (unpaired) electrons. The third kappa shape index (κ3) is 4.18. The van der Waals surface area contributed by atoms with E-state index in [-0.39, 0.29) is 6.10 Å². The van der Waals surface area contributed by atoms with E-state index in [1.165, 1.54) is 0 Å². The topological polar surface area (TPSA) is 49.8 Å². The highest BCUT2D eigenvalue weighted by Crippen LogP contribution is 2.23. The normalized spacial score (nSPS) is 21.4. The van der Waals surface area contributed by atoms with Gasteiger partial charge < -0.3 is 9.84 Å². The van der Waals surface area contributed by atoms with Crippen LogP contribution in [0, 0.1) is 0 Å². The van der Waals surface area contributed by atoms with Crippen LogP contribution in [-0.4, -0.2) is 34.7 Å². The Hall–Kier alpha value is -2.17. The smallest absolute Gasteiger partial charge is 0.321 e. The molecule has 4 heteroatoms. The van der Waals surface area contributed by atoms with Gasteiger partial charge in [-0.2, -0.15) is 0 Å². The first-order valence-corrected chi connectivity index (χ1v) is 7.88. The number of benzene rings is 2. The van der Waals surface area contributed by atoms with Gasteiger partial charge in [0.15, 0.2) is 0 Å². The van der Waals surface area contributed by atoms with Crippen LogP contribution in [0.3, 0.4) is 0 Å². The number of carboxylic acid groups (broad SMARTS) is 1. The summed E-state index contributed by atoms with van der Waals surface area (Å²) in [7, 11) is 0. The third-order valence-electron chi connectivity index (χ3n) is 4.21. The zero-order chi connectivity index (χ0) is 16.1. The molecule has 23 heavy (non-hydrogen) atoms. The van der Waals surface area contributed by atoms with Gasteiger partial charge in [-0.3, -0.25) is 9.69 Å². The number of aliphatic carboxylic acids is 1. The molecule has 3 rings (SSSR count). The Morgan fingerprint density at radius 1 is 1.04 bits per heavy atom. The summed E-state index contributed by atoms with van der Waals surface area (Å²) in [6.07, 6.45) is 0.495. The van der Waals surface area contributed by atoms with E-state index in [4.69, 9.17) is 4.74 Å². The van der Waals surface area contributed by atoms with Crippen LogP contribution in [0.2, 0.25) is 0 Å². The van der Waals surface area contributed by atoms with Gasteiger partial charge in [0, 0.05) is 19.5 Å². The maximum absolute atomic E-state index is 11.5. The number of ether oxygens (including phenoxy) is 1. The standard InChI is InChI=1S/C19H21NO3/c21-19(22)18-11-17(23-14-16-9-5-2-6-10-16)13-20(18)12-15-7-3-1-4-8-15/h1-10,17-18H,11-14H2,(H,21,22). The first-order chi connectivity index (χ1) is 11.2. The van der Waals surface area contributed by atoms with Gasteiger partial charge in [-0.1, -0.05) is 60.7 Å². The summed E-state index contributed by atoms with van der Waals surface area (Å²) >= 11 is 0. The molecule has 0 aromatic heterocycles. The van der Waals surface area contributed by atoms with Crippen LogP contribution in [0.25, 0.3) is 0 Å². The predicted molar refractivity (Wildman–Crippen MR) is 87.9 cm³/mol. The molecular weight excluding hydrogens is 290 g/mol. The molecule has 0 bridgehead atoms. The van der Waals surface area contributed by atoms with Gasteiger partial charge in [0.05, 0.1) is 12.7 Å². The molecule has 1 aliphatic heterocycles. The van der Waals surface area contributed by atoms with Crippen molar-refractivity contribution in [1.82, 2.24) is 4.90 Å². The number of rotatable bonds is 6. The van der Waals surface area contributed by atoms with Crippen LogP contribution in [-0.2, 0) is 22.7 Å². The van der Waals surface area contributed by atoms with E-state index in [1.807, 2.05) is 65.6 Å². The van der Waals surface area contributed by atoms with E-state index in [2.05, 4.69) is 0 Å². The lowest BCUT2D eigenvalue weighted by Crippen LogP contribution is -2.35. The van der Waals surface area contributed by atoms with Crippen LogP contribution in [0.15, 0.2) is 60.7 Å². The summed E-state index contributed by atoms with van der Waals surface area (Å²) in [4.78, 5) is 13.5. The van der Waals surface area contributed by atoms with Crippen molar-refractivity contribution in [1.29, 1.82) is 0 Å². The minimum atomic E-state index is -0.772. The zero-order valence-corrected chi connectivity index (χ0v) is 13.0. The molecule has 2 atom stereocenters. The van der Waals surface area contributed by atoms with Gasteiger partial charge in [-0.25, -0.2) is 0 Å². The fourth-order valence-corrected chi connectivity index (χ4v) is 3.02. The maximum Gasteiger partial charge on any atom is 0.321 e. The molecular formula is C19H21NO3. The Morgan fingerprint density at radius 3 is 2.26 bits per heavy atom. The van der Waals surface area contributed by atoms with Crippen molar-refractivity contribution in [3.63, 3.8) is 0 Å². The minimum Gasteiger partial charge on any atom is -0.480 e. The average molecular weight is 311 g/mol. The molecule has 1 aliphatic rings. The lowest BCUT2D eigenvalue weighted by molar-refractivity contribution is -0.142. The van der Waals surface area contributed by atoms with Gasteiger partial charge in [-0.05, 0) is 11.1 Å². The van der Waals surface area contributed by atoms with Gasteiger partial charge in [0.2, 0.25) is 0 Å². The van der Waals surface area contributed by atoms with E-state index in [9.17, 15) is 9.90 Å². The molecule has 2 aromatic carbocycles. The SMILES string of the molecule is O=C(O)C1CC(OCc2ccccc2)CN1Cc1ccccc1. The summed E-state index contributed by atoms with van der Waals surface area (Å²) in [6.45, 7) is 1.82. The van der Waals surface area contributed by atoms with Crippen molar-refractivity contribution in [2.45, 2.75) is 31.7 Å². The summed E-state index contributed by atoms with van der Waals surface area (Å²) in [5.74, 6) is -0.772. The Bertz CT molecular complexity index is 630. The first kappa shape index (κ1) is 15.7. The van der Waals surface area contributed by atoms with Crippen molar-refractivity contribution in [2.24, 2.45) is 0 Å². The van der Waals surface area contributed by atoms with Crippen molar-refractivity contribution < 1.29 is 14.6 Å². The number of carboxylic acids is 1. The van der Waals surface area contributed by atoms with E-state index >= 15 is 0 Å². The Kier molecular flexibility index (Phi) is 5.05. The highest BCUT2D eigenvalue weighted by Gasteiger charge is 2.37. The molecule has 0 saturated carbocycles. The quantitative estimate of drug-likeness (QED) is 0.891. The second-order valence-electron chi connectivity index (χ2n) is 5.92. The summed E-state index contributed by atoms with van der Waals surface area (Å²) < 4.78 is 5.93. The Morgan fingerprint density at radius 2 is 1.65 bits per heavy atom. The van der Waals surface area contributed by atoms with Gasteiger partial charge in [0.1, 0.15) is 6.04 Å². The molecule has 0 aliphatic carbocycles. The fourth-order valence-electron chi connectivity index (χ4n) is 3.02. The summed E-state index contributed by atoms with van der Waals surface area (Å²) in [5, 5.41) is 9.47. The number of hydrogen-bond donors (Lipinski definition) is 1. The number of nitrogens with zero attached hydrogens (tertiary/aromatic N) is 1. The maximum atomic E-state index is 11.5. The molecule has 120 valence electrons. The molecule has 2 aromatic rings. The van der Waals surface area contributed by atoms with Crippen LogP contribution in [0.5, 0.6) is 0 Å². The summed E-state index contributed by atoms with van der Waals surface area (Å²) in [6, 6.07) is 19.5. The largest absolute Gasteiger partial charge is 0.480 e. The summed E-state index contributed by atoms with van der Waals surface area (Å²) in [5.41, 5.74) is 2.24. The highest BCUT2D eigenvalue weighted by atomic mass is 16.5. The van der Waals surface area contributed by atoms with Gasteiger partial charge in [0.25, 0.3) is 0 Å². The average Bonchev–Trinajstić information content (AvgIpc) is 2.98. The van der Waals surface area contributed by atoms with Crippen LogP contribution in [0.4, 0.5) is 0 Å². The number of likely N-dealkylation sites (tertiary alicyclic amines) is 1. The van der Waals surface area contributed by atoms with Crippen molar-refractivity contribution in [3.8, 4) is 0 Å². The lowest BCUT2D eigenvalue weighted by atomic mass is 10.1. The van der Waals surface area contributed by atoms with E-state index in [1.54, 1.807) is 0 Å². The van der Waals surface area contributed by atoms with Crippen LogP contribution in [0.1, 0.15) is 17.5 Å². The van der Waals surface area contributed by atoms with Crippen LogP contribution >= 0.6 is 0 Å². The zero-order valence-electron chi connectivity index (χ0n) is 13.0. The van der Waals surface area contributed by atoms with Crippen molar-refractivity contribution in [3.05, 3.63) is 71.8 Å². The predicted octanol–water partition coefficient (Wildman–Crippen LogP) is 2.93. The molecule has 4 nitrogen and oxygen atoms in total. The second kappa shape index (κ2) is 7.40. The number of carbonyl (C=O) groups is 1. The molecule has 1 fully saturated rings. The fraction of sp³-hybridized carbons (Fsp3) is 0.316. The molecule has 1 N–H and O–H groups in total. The molecule has 0 spiro atoms. The van der Waals surface area contributed by atoms with Crippen molar-refractivity contribution >= 4 is 5.97 Å². The second-order valence-corrected chi connectivity index (χ2v) is 5.92. The monoisotopic (exact) mass is 311 g/mol. The van der Waals surface area contributed by atoms with Gasteiger partial charge in [-0.15, -0.1) is 0 Å². The highest BCUT2D eigenvalue weighted by molar-refractivity contribution is 5.74. The van der Waals surface area contributed by atoms with E-state index in [0.29, 0.717) is 26.1 Å². The van der Waals surface area contributed by atoms with Crippen molar-refractivity contribution in [2.75, 3.05) is 6.54 Å².